The summed E-state index contributed by atoms with van der Waals surface area (Å²) in [5.41, 5.74) is 5.88. The molecule has 7 rings (SSSR count). The first-order valence-electron chi connectivity index (χ1n) is 18.0. The van der Waals surface area contributed by atoms with Crippen LogP contribution in [0.25, 0.3) is 0 Å². The van der Waals surface area contributed by atoms with Crippen LogP contribution in [0.1, 0.15) is 45.9 Å². The summed E-state index contributed by atoms with van der Waals surface area (Å²) in [6.45, 7) is 2.65. The van der Waals surface area contributed by atoms with Crippen LogP contribution < -0.4 is 4.74 Å². The average molecular weight is 721 g/mol. The number of rotatable bonds is 15. The van der Waals surface area contributed by atoms with E-state index in [-0.39, 0.29) is 12.7 Å². The van der Waals surface area contributed by atoms with Crippen LogP contribution in [0.5, 0.6) is 5.75 Å². The van der Waals surface area contributed by atoms with E-state index < -0.39 is 30.5 Å². The van der Waals surface area contributed by atoms with Gasteiger partial charge in [-0.1, -0.05) is 127 Å². The Labute approximate surface area is 311 Å². The SMILES string of the molecule is O[C@@H]1[C@@H](OCc2ccccc2)[C@H](OCc2ccccc2)[C@@H](COCc2ccccc2)O[C@H]1c1ccc(Cl)c(Cc2ccc(OC3CCOC3)cc2)c1. The third-order valence-corrected chi connectivity index (χ3v) is 9.90. The van der Waals surface area contributed by atoms with E-state index in [2.05, 4.69) is 12.1 Å². The smallest absolute Gasteiger partial charge is 0.124 e. The lowest BCUT2D eigenvalue weighted by atomic mass is 9.89. The van der Waals surface area contributed by atoms with Crippen molar-refractivity contribution >= 4 is 11.6 Å². The summed E-state index contributed by atoms with van der Waals surface area (Å²) >= 11 is 6.78. The molecular formula is C44H45ClO7. The molecule has 8 heteroatoms. The minimum atomic E-state index is -1.04. The van der Waals surface area contributed by atoms with Crippen LogP contribution in [0, 0.1) is 0 Å². The maximum Gasteiger partial charge on any atom is 0.124 e. The van der Waals surface area contributed by atoms with E-state index in [9.17, 15) is 5.11 Å². The van der Waals surface area contributed by atoms with Crippen LogP contribution in [-0.4, -0.2) is 55.4 Å². The van der Waals surface area contributed by atoms with Gasteiger partial charge in [0.05, 0.1) is 39.6 Å². The first kappa shape index (κ1) is 36.3. The van der Waals surface area contributed by atoms with Crippen molar-refractivity contribution in [1.82, 2.24) is 0 Å². The van der Waals surface area contributed by atoms with E-state index >= 15 is 0 Å². The Hall–Kier alpha value is -4.05. The van der Waals surface area contributed by atoms with Crippen molar-refractivity contribution in [1.29, 1.82) is 0 Å². The van der Waals surface area contributed by atoms with Gasteiger partial charge < -0.3 is 33.5 Å². The molecule has 2 aliphatic rings. The number of hydrogen-bond acceptors (Lipinski definition) is 7. The van der Waals surface area contributed by atoms with Crippen LogP contribution >= 0.6 is 11.6 Å². The first-order chi connectivity index (χ1) is 25.6. The Morgan fingerprint density at radius 1 is 0.673 bits per heavy atom. The third kappa shape index (κ3) is 9.68. The maximum atomic E-state index is 12.1. The van der Waals surface area contributed by atoms with Gasteiger partial charge in [0, 0.05) is 11.4 Å². The normalized spacial score (nSPS) is 23.0. The lowest BCUT2D eigenvalue weighted by Gasteiger charge is -2.45. The monoisotopic (exact) mass is 720 g/mol. The molecule has 2 heterocycles. The molecule has 5 aromatic carbocycles. The van der Waals surface area contributed by atoms with Gasteiger partial charge in [-0.15, -0.1) is 0 Å². The number of halogens is 1. The molecule has 0 radical (unpaired) electrons. The fourth-order valence-corrected chi connectivity index (χ4v) is 6.93. The van der Waals surface area contributed by atoms with Crippen molar-refractivity contribution in [3.8, 4) is 5.75 Å². The molecule has 0 aliphatic carbocycles. The highest BCUT2D eigenvalue weighted by atomic mass is 35.5. The van der Waals surface area contributed by atoms with Gasteiger partial charge in [-0.25, -0.2) is 0 Å². The van der Waals surface area contributed by atoms with Crippen LogP contribution in [0.3, 0.4) is 0 Å². The minimum Gasteiger partial charge on any atom is -0.488 e. The van der Waals surface area contributed by atoms with Gasteiger partial charge in [-0.3, -0.25) is 0 Å². The first-order valence-corrected chi connectivity index (χ1v) is 18.3. The van der Waals surface area contributed by atoms with Gasteiger partial charge in [0.1, 0.15) is 42.4 Å². The Bertz CT molecular complexity index is 1800. The second-order valence-corrected chi connectivity index (χ2v) is 13.8. The van der Waals surface area contributed by atoms with Crippen molar-refractivity contribution in [3.63, 3.8) is 0 Å². The molecule has 52 heavy (non-hydrogen) atoms. The van der Waals surface area contributed by atoms with E-state index in [1.807, 2.05) is 121 Å². The fraction of sp³-hybridized carbons (Fsp3) is 0.318. The molecular weight excluding hydrogens is 676 g/mol. The average Bonchev–Trinajstić information content (AvgIpc) is 3.70. The molecule has 7 nitrogen and oxygen atoms in total. The number of aliphatic hydroxyl groups is 1. The van der Waals surface area contributed by atoms with E-state index in [0.29, 0.717) is 37.9 Å². The predicted molar refractivity (Wildman–Crippen MR) is 200 cm³/mol. The fourth-order valence-electron chi connectivity index (χ4n) is 6.74. The lowest BCUT2D eigenvalue weighted by molar-refractivity contribution is -0.263. The Balaban J connectivity index is 1.13. The molecule has 0 amide bonds. The lowest BCUT2D eigenvalue weighted by Crippen LogP contribution is -2.57. The number of ether oxygens (including phenoxy) is 6. The van der Waals surface area contributed by atoms with Gasteiger partial charge >= 0.3 is 0 Å². The van der Waals surface area contributed by atoms with Crippen LogP contribution in [-0.2, 0) is 49.9 Å². The molecule has 2 saturated heterocycles. The molecule has 270 valence electrons. The molecule has 0 aromatic heterocycles. The van der Waals surface area contributed by atoms with E-state index in [0.717, 1.165) is 52.2 Å². The highest BCUT2D eigenvalue weighted by molar-refractivity contribution is 6.31. The van der Waals surface area contributed by atoms with Gasteiger partial charge in [0.15, 0.2) is 0 Å². The minimum absolute atomic E-state index is 0.0929. The summed E-state index contributed by atoms with van der Waals surface area (Å²) < 4.78 is 37.7. The quantitative estimate of drug-likeness (QED) is 0.117. The second-order valence-electron chi connectivity index (χ2n) is 13.4. The topological polar surface area (TPSA) is 75.6 Å². The standard InChI is InChI=1S/C44H45ClO7/c45-39-21-18-35(25-36(39)24-31-16-19-37(20-17-31)51-38-22-23-47-29-38)42-41(46)44(50-28-34-14-8-3-9-15-34)43(49-27-33-12-6-2-7-13-33)40(52-42)30-48-26-32-10-4-1-5-11-32/h1-21,25,38,40-44,46H,22-24,26-30H2/t38?,40-,41+,42+,43-,44-/m1/s1. The largest absolute Gasteiger partial charge is 0.488 e. The van der Waals surface area contributed by atoms with Gasteiger partial charge in [-0.05, 0) is 58.0 Å². The molecule has 0 bridgehead atoms. The second kappa shape index (κ2) is 18.1. The highest BCUT2D eigenvalue weighted by Crippen LogP contribution is 2.38. The number of hydrogen-bond donors (Lipinski definition) is 1. The van der Waals surface area contributed by atoms with E-state index in [1.165, 1.54) is 0 Å². The summed E-state index contributed by atoms with van der Waals surface area (Å²) in [6, 6.07) is 43.9. The van der Waals surface area contributed by atoms with Gasteiger partial charge in [-0.2, -0.15) is 0 Å². The third-order valence-electron chi connectivity index (χ3n) is 9.53. The van der Waals surface area contributed by atoms with Gasteiger partial charge in [0.25, 0.3) is 0 Å². The summed E-state index contributed by atoms with van der Waals surface area (Å²) in [5.74, 6) is 0.823. The molecule has 5 aromatic rings. The zero-order valence-corrected chi connectivity index (χ0v) is 29.9. The van der Waals surface area contributed by atoms with E-state index in [4.69, 9.17) is 40.0 Å². The van der Waals surface area contributed by atoms with Crippen molar-refractivity contribution in [2.45, 2.75) is 69.3 Å². The van der Waals surface area contributed by atoms with Crippen molar-refractivity contribution in [3.05, 3.63) is 172 Å². The molecule has 2 aliphatic heterocycles. The molecule has 1 N–H and O–H groups in total. The summed E-state index contributed by atoms with van der Waals surface area (Å²) in [7, 11) is 0. The van der Waals surface area contributed by atoms with Crippen LogP contribution in [0.15, 0.2) is 133 Å². The number of aliphatic hydroxyl groups excluding tert-OH is 1. The zero-order valence-electron chi connectivity index (χ0n) is 29.1. The van der Waals surface area contributed by atoms with Gasteiger partial charge in [0.2, 0.25) is 0 Å². The van der Waals surface area contributed by atoms with Crippen molar-refractivity contribution in [2.75, 3.05) is 19.8 Å². The van der Waals surface area contributed by atoms with Crippen LogP contribution in [0.4, 0.5) is 0 Å². The maximum absolute atomic E-state index is 12.1. The predicted octanol–water partition coefficient (Wildman–Crippen LogP) is 8.29. The Morgan fingerprint density at radius 3 is 1.90 bits per heavy atom. The summed E-state index contributed by atoms with van der Waals surface area (Å²) in [5, 5.41) is 12.8. The van der Waals surface area contributed by atoms with Crippen molar-refractivity contribution < 1.29 is 33.5 Å². The Kier molecular flexibility index (Phi) is 12.7. The van der Waals surface area contributed by atoms with Crippen LogP contribution in [0.2, 0.25) is 5.02 Å². The highest BCUT2D eigenvalue weighted by Gasteiger charge is 2.47. The molecule has 1 unspecified atom stereocenters. The van der Waals surface area contributed by atoms with Crippen molar-refractivity contribution in [2.24, 2.45) is 0 Å². The molecule has 0 saturated carbocycles. The summed E-state index contributed by atoms with van der Waals surface area (Å²) in [6.07, 6.45) is -2.05. The zero-order chi connectivity index (χ0) is 35.5. The number of benzene rings is 5. The van der Waals surface area contributed by atoms with E-state index in [1.54, 1.807) is 0 Å². The molecule has 0 spiro atoms. The Morgan fingerprint density at radius 2 is 1.29 bits per heavy atom. The molecule has 6 atom stereocenters. The summed E-state index contributed by atoms with van der Waals surface area (Å²) in [4.78, 5) is 0. The molecule has 2 fully saturated rings.